The van der Waals surface area contributed by atoms with Crippen LogP contribution in [0.15, 0.2) is 30.2 Å². The molecule has 21 heavy (non-hydrogen) atoms. The van der Waals surface area contributed by atoms with E-state index in [-0.39, 0.29) is 12.5 Å². The van der Waals surface area contributed by atoms with E-state index in [0.717, 1.165) is 10.4 Å². The van der Waals surface area contributed by atoms with Gasteiger partial charge in [0.2, 0.25) is 0 Å². The van der Waals surface area contributed by atoms with Crippen LogP contribution in [0.3, 0.4) is 0 Å². The highest BCUT2D eigenvalue weighted by molar-refractivity contribution is 7.10. The van der Waals surface area contributed by atoms with Crippen LogP contribution in [-0.2, 0) is 6.54 Å². The van der Waals surface area contributed by atoms with Crippen LogP contribution in [0.1, 0.15) is 27.2 Å². The molecule has 0 atom stereocenters. The molecular formula is C15H15N3O2S. The number of aliphatic hydroxyl groups excluding tert-OH is 1. The van der Waals surface area contributed by atoms with Crippen molar-refractivity contribution < 1.29 is 9.90 Å². The smallest absolute Gasteiger partial charge is 0.257 e. The van der Waals surface area contributed by atoms with Crippen LogP contribution >= 0.6 is 11.3 Å². The van der Waals surface area contributed by atoms with Gasteiger partial charge in [-0.1, -0.05) is 11.8 Å². The average Bonchev–Trinajstić information content (AvgIpc) is 2.95. The molecule has 6 heteroatoms. The van der Waals surface area contributed by atoms with Crippen LogP contribution in [0.4, 0.5) is 0 Å². The molecule has 0 saturated heterocycles. The highest BCUT2D eigenvalue weighted by Crippen LogP contribution is 2.16. The zero-order chi connectivity index (χ0) is 15.1. The molecule has 2 rings (SSSR count). The first-order valence-corrected chi connectivity index (χ1v) is 7.26. The molecule has 1 amide bonds. The highest BCUT2D eigenvalue weighted by Gasteiger charge is 2.13. The maximum Gasteiger partial charge on any atom is 0.257 e. The average molecular weight is 301 g/mol. The van der Waals surface area contributed by atoms with E-state index >= 15 is 0 Å². The number of hydrogen-bond acceptors (Lipinski definition) is 5. The molecule has 0 saturated carbocycles. The summed E-state index contributed by atoms with van der Waals surface area (Å²) in [6, 6.07) is 1.96. The third-order valence-corrected chi connectivity index (χ3v) is 3.59. The van der Waals surface area contributed by atoms with Crippen LogP contribution in [-0.4, -0.2) is 39.5 Å². The Kier molecular flexibility index (Phi) is 5.43. The number of rotatable bonds is 4. The standard InChI is InChI=1S/C15H15N3O2S/c1-18(15(20)13-7-16-11-17-8-13)9-14-6-12(10-21-14)4-2-3-5-19/h6-8,10-11,19H,3,5,9H2,1H3. The summed E-state index contributed by atoms with van der Waals surface area (Å²) in [5.74, 6) is 5.74. The molecular weight excluding hydrogens is 286 g/mol. The van der Waals surface area contributed by atoms with Crippen molar-refractivity contribution in [2.75, 3.05) is 13.7 Å². The Morgan fingerprint density at radius 3 is 2.90 bits per heavy atom. The van der Waals surface area contributed by atoms with Gasteiger partial charge < -0.3 is 10.0 Å². The lowest BCUT2D eigenvalue weighted by Gasteiger charge is -2.15. The van der Waals surface area contributed by atoms with E-state index in [1.165, 1.54) is 18.7 Å². The van der Waals surface area contributed by atoms with E-state index in [1.807, 2.05) is 11.4 Å². The monoisotopic (exact) mass is 301 g/mol. The Morgan fingerprint density at radius 1 is 1.43 bits per heavy atom. The van der Waals surface area contributed by atoms with Gasteiger partial charge in [0.15, 0.2) is 0 Å². The van der Waals surface area contributed by atoms with Gasteiger partial charge in [0.25, 0.3) is 5.91 Å². The minimum absolute atomic E-state index is 0.0698. The summed E-state index contributed by atoms with van der Waals surface area (Å²) in [6.07, 6.45) is 4.88. The molecule has 0 unspecified atom stereocenters. The lowest BCUT2D eigenvalue weighted by atomic mass is 10.2. The molecule has 1 N–H and O–H groups in total. The van der Waals surface area contributed by atoms with Gasteiger partial charge in [0.1, 0.15) is 6.33 Å². The molecule has 0 spiro atoms. The van der Waals surface area contributed by atoms with Gasteiger partial charge in [0, 0.05) is 41.7 Å². The van der Waals surface area contributed by atoms with Crippen LogP contribution in [0.2, 0.25) is 0 Å². The van der Waals surface area contributed by atoms with Gasteiger partial charge in [-0.25, -0.2) is 9.97 Å². The number of carbonyl (C=O) groups excluding carboxylic acids is 1. The first-order valence-electron chi connectivity index (χ1n) is 6.38. The fraction of sp³-hybridized carbons (Fsp3) is 0.267. The van der Waals surface area contributed by atoms with Gasteiger partial charge >= 0.3 is 0 Å². The van der Waals surface area contributed by atoms with E-state index < -0.39 is 0 Å². The van der Waals surface area contributed by atoms with Crippen LogP contribution in [0.25, 0.3) is 0 Å². The summed E-state index contributed by atoms with van der Waals surface area (Å²) in [4.78, 5) is 22.5. The van der Waals surface area contributed by atoms with Crippen molar-refractivity contribution in [1.82, 2.24) is 14.9 Å². The van der Waals surface area contributed by atoms with Gasteiger partial charge in [-0.3, -0.25) is 4.79 Å². The molecule has 0 fully saturated rings. The number of carbonyl (C=O) groups is 1. The normalized spacial score (nSPS) is 9.81. The van der Waals surface area contributed by atoms with E-state index in [9.17, 15) is 4.79 Å². The predicted octanol–water partition coefficient (Wildman–Crippen LogP) is 1.54. The Hall–Kier alpha value is -2.23. The quantitative estimate of drug-likeness (QED) is 0.870. The number of aliphatic hydroxyl groups is 1. The Labute approximate surface area is 127 Å². The van der Waals surface area contributed by atoms with E-state index in [0.29, 0.717) is 18.5 Å². The van der Waals surface area contributed by atoms with Crippen molar-refractivity contribution in [2.24, 2.45) is 0 Å². The predicted molar refractivity (Wildman–Crippen MR) is 80.7 cm³/mol. The summed E-state index contributed by atoms with van der Waals surface area (Å²) in [6.45, 7) is 0.584. The molecule has 108 valence electrons. The zero-order valence-electron chi connectivity index (χ0n) is 11.6. The van der Waals surface area contributed by atoms with Crippen molar-refractivity contribution in [3.63, 3.8) is 0 Å². The summed E-state index contributed by atoms with van der Waals surface area (Å²) in [5, 5.41) is 10.6. The van der Waals surface area contributed by atoms with Crippen LogP contribution in [0.5, 0.6) is 0 Å². The molecule has 0 aliphatic heterocycles. The van der Waals surface area contributed by atoms with Crippen molar-refractivity contribution >= 4 is 17.2 Å². The number of hydrogen-bond donors (Lipinski definition) is 1. The molecule has 2 aromatic rings. The van der Waals surface area contributed by atoms with E-state index in [1.54, 1.807) is 23.3 Å². The number of thiophene rings is 1. The maximum absolute atomic E-state index is 12.2. The molecule has 0 aromatic carbocycles. The van der Waals surface area contributed by atoms with E-state index in [4.69, 9.17) is 5.11 Å². The van der Waals surface area contributed by atoms with Crippen LogP contribution < -0.4 is 0 Å². The molecule has 0 bridgehead atoms. The minimum Gasteiger partial charge on any atom is -0.395 e. The second-order valence-electron chi connectivity index (χ2n) is 4.37. The fourth-order valence-electron chi connectivity index (χ4n) is 1.69. The fourth-order valence-corrected chi connectivity index (χ4v) is 2.55. The summed E-state index contributed by atoms with van der Waals surface area (Å²) >= 11 is 1.56. The second kappa shape index (κ2) is 7.53. The third-order valence-electron chi connectivity index (χ3n) is 2.67. The SMILES string of the molecule is CN(Cc1cc(C#CCCO)cs1)C(=O)c1cncnc1. The van der Waals surface area contributed by atoms with Gasteiger partial charge in [-0.2, -0.15) is 0 Å². The molecule has 2 heterocycles. The van der Waals surface area contributed by atoms with Crippen LogP contribution in [0, 0.1) is 11.8 Å². The highest BCUT2D eigenvalue weighted by atomic mass is 32.1. The molecule has 2 aromatic heterocycles. The molecule has 0 aliphatic carbocycles. The maximum atomic E-state index is 12.2. The van der Waals surface area contributed by atoms with Crippen molar-refractivity contribution in [3.05, 3.63) is 46.2 Å². The summed E-state index contributed by atoms with van der Waals surface area (Å²) in [7, 11) is 1.74. The molecule has 0 radical (unpaired) electrons. The molecule has 0 aliphatic rings. The van der Waals surface area contributed by atoms with E-state index in [2.05, 4.69) is 21.8 Å². The Morgan fingerprint density at radius 2 is 2.19 bits per heavy atom. The van der Waals surface area contributed by atoms with Crippen molar-refractivity contribution in [1.29, 1.82) is 0 Å². The largest absolute Gasteiger partial charge is 0.395 e. The van der Waals surface area contributed by atoms with Gasteiger partial charge in [-0.05, 0) is 6.07 Å². The second-order valence-corrected chi connectivity index (χ2v) is 5.36. The lowest BCUT2D eigenvalue weighted by Crippen LogP contribution is -2.26. The third kappa shape index (κ3) is 4.38. The van der Waals surface area contributed by atoms with Crippen molar-refractivity contribution in [3.8, 4) is 11.8 Å². The summed E-state index contributed by atoms with van der Waals surface area (Å²) in [5.41, 5.74) is 1.38. The number of amides is 1. The first-order chi connectivity index (χ1) is 10.2. The molecule has 5 nitrogen and oxygen atoms in total. The number of aromatic nitrogens is 2. The minimum atomic E-state index is -0.114. The zero-order valence-corrected chi connectivity index (χ0v) is 12.4. The lowest BCUT2D eigenvalue weighted by molar-refractivity contribution is 0.0785. The van der Waals surface area contributed by atoms with Crippen molar-refractivity contribution in [2.45, 2.75) is 13.0 Å². The van der Waals surface area contributed by atoms with Gasteiger partial charge in [-0.15, -0.1) is 11.3 Å². The first kappa shape index (κ1) is 15.2. The summed E-state index contributed by atoms with van der Waals surface area (Å²) < 4.78 is 0. The topological polar surface area (TPSA) is 66.3 Å². The Bertz CT molecular complexity index is 658. The van der Waals surface area contributed by atoms with Gasteiger partial charge in [0.05, 0.1) is 18.7 Å². The Balaban J connectivity index is 1.99. The number of nitrogens with zero attached hydrogens (tertiary/aromatic N) is 3.